The van der Waals surface area contributed by atoms with Gasteiger partial charge in [-0.3, -0.25) is 0 Å². The first kappa shape index (κ1) is 18.2. The lowest BCUT2D eigenvalue weighted by Crippen LogP contribution is -2.23. The van der Waals surface area contributed by atoms with Crippen LogP contribution in [0.4, 0.5) is 0 Å². The lowest BCUT2D eigenvalue weighted by Gasteiger charge is -2.36. The molecular weight excluding hydrogens is 300 g/mol. The van der Waals surface area contributed by atoms with Crippen LogP contribution in [0.3, 0.4) is 0 Å². The highest BCUT2D eigenvalue weighted by molar-refractivity contribution is 5.97. The summed E-state index contributed by atoms with van der Waals surface area (Å²) in [6.07, 6.45) is 23.2. The molecule has 0 spiro atoms. The molecule has 2 aliphatic carbocycles. The molecule has 0 amide bonds. The summed E-state index contributed by atoms with van der Waals surface area (Å²) in [5, 5.41) is 0. The summed E-state index contributed by atoms with van der Waals surface area (Å²) >= 11 is 0. The van der Waals surface area contributed by atoms with Crippen LogP contribution < -0.4 is 0 Å². The van der Waals surface area contributed by atoms with E-state index in [-0.39, 0.29) is 5.41 Å². The van der Waals surface area contributed by atoms with Gasteiger partial charge in [0.25, 0.3) is 0 Å². The second kappa shape index (κ2) is 8.70. The third-order valence-electron chi connectivity index (χ3n) is 6.01. The number of hydrogen-bond acceptors (Lipinski definition) is 0. The Kier molecular flexibility index (Phi) is 6.34. The van der Waals surface area contributed by atoms with Gasteiger partial charge in [0.15, 0.2) is 0 Å². The molecule has 25 heavy (non-hydrogen) atoms. The summed E-state index contributed by atoms with van der Waals surface area (Å²) in [6, 6.07) is 8.92. The number of rotatable bonds is 10. The molecule has 1 aromatic carbocycles. The van der Waals surface area contributed by atoms with Crippen molar-refractivity contribution in [3.05, 3.63) is 59.2 Å². The molecule has 3 rings (SSSR count). The lowest BCUT2D eigenvalue weighted by atomic mass is 9.68. The van der Waals surface area contributed by atoms with Crippen LogP contribution in [0, 0.1) is 5.41 Å². The Balaban J connectivity index is 1.81. The van der Waals surface area contributed by atoms with Gasteiger partial charge < -0.3 is 0 Å². The number of allylic oxidation sites excluding steroid dienone is 5. The fraction of sp³-hybridized carbons (Fsp3) is 0.520. The van der Waals surface area contributed by atoms with E-state index in [4.69, 9.17) is 0 Å². The molecule has 0 fully saturated rings. The van der Waals surface area contributed by atoms with E-state index < -0.39 is 0 Å². The van der Waals surface area contributed by atoms with Crippen molar-refractivity contribution < 1.29 is 0 Å². The van der Waals surface area contributed by atoms with Crippen molar-refractivity contribution in [2.45, 2.75) is 78.1 Å². The van der Waals surface area contributed by atoms with Gasteiger partial charge in [-0.05, 0) is 41.2 Å². The highest BCUT2D eigenvalue weighted by Crippen LogP contribution is 2.52. The Morgan fingerprint density at radius 1 is 0.800 bits per heavy atom. The summed E-state index contributed by atoms with van der Waals surface area (Å²) in [5.74, 6) is 0. The van der Waals surface area contributed by atoms with E-state index in [2.05, 4.69) is 62.4 Å². The van der Waals surface area contributed by atoms with E-state index in [0.717, 1.165) is 0 Å². The van der Waals surface area contributed by atoms with E-state index in [1.54, 1.807) is 5.57 Å². The summed E-state index contributed by atoms with van der Waals surface area (Å²) < 4.78 is 0. The third kappa shape index (κ3) is 4.00. The maximum absolute atomic E-state index is 2.53. The molecule has 0 aliphatic heterocycles. The first-order valence-electron chi connectivity index (χ1n) is 10.5. The van der Waals surface area contributed by atoms with Crippen molar-refractivity contribution in [3.63, 3.8) is 0 Å². The zero-order valence-corrected chi connectivity index (χ0v) is 16.2. The molecule has 0 saturated carbocycles. The summed E-state index contributed by atoms with van der Waals surface area (Å²) in [4.78, 5) is 0. The largest absolute Gasteiger partial charge is 0.0739 e. The van der Waals surface area contributed by atoms with Crippen molar-refractivity contribution in [2.24, 2.45) is 5.41 Å². The summed E-state index contributed by atoms with van der Waals surface area (Å²) in [6.45, 7) is 4.61. The summed E-state index contributed by atoms with van der Waals surface area (Å²) in [7, 11) is 0. The molecular formula is C25H34. The van der Waals surface area contributed by atoms with Gasteiger partial charge in [-0.15, -0.1) is 0 Å². The smallest absolute Gasteiger partial charge is 0.0141 e. The minimum Gasteiger partial charge on any atom is -0.0739 e. The molecule has 0 unspecified atom stereocenters. The maximum atomic E-state index is 2.53. The molecule has 0 radical (unpaired) electrons. The molecule has 134 valence electrons. The van der Waals surface area contributed by atoms with Gasteiger partial charge in [-0.2, -0.15) is 0 Å². The van der Waals surface area contributed by atoms with Crippen LogP contribution in [0.15, 0.2) is 48.1 Å². The van der Waals surface area contributed by atoms with Crippen LogP contribution >= 0.6 is 0 Å². The predicted octanol–water partition coefficient (Wildman–Crippen LogP) is 7.96. The predicted molar refractivity (Wildman–Crippen MR) is 111 cm³/mol. The molecule has 0 bridgehead atoms. The number of hydrogen-bond donors (Lipinski definition) is 0. The van der Waals surface area contributed by atoms with E-state index in [1.165, 1.54) is 80.9 Å². The second-order valence-electron chi connectivity index (χ2n) is 7.86. The highest BCUT2D eigenvalue weighted by atomic mass is 14.4. The van der Waals surface area contributed by atoms with Gasteiger partial charge in [0.2, 0.25) is 0 Å². The van der Waals surface area contributed by atoms with Crippen molar-refractivity contribution in [1.29, 1.82) is 0 Å². The Hall–Kier alpha value is -1.56. The van der Waals surface area contributed by atoms with Crippen molar-refractivity contribution in [3.8, 4) is 0 Å². The zero-order chi connectivity index (χ0) is 17.5. The van der Waals surface area contributed by atoms with E-state index >= 15 is 0 Å². The van der Waals surface area contributed by atoms with Crippen LogP contribution in [0.25, 0.3) is 11.6 Å². The van der Waals surface area contributed by atoms with Gasteiger partial charge in [-0.25, -0.2) is 0 Å². The fourth-order valence-corrected chi connectivity index (χ4v) is 4.55. The molecule has 0 heteroatoms. The molecule has 0 nitrogen and oxygen atoms in total. The van der Waals surface area contributed by atoms with Crippen LogP contribution in [0.2, 0.25) is 0 Å². The molecule has 0 atom stereocenters. The van der Waals surface area contributed by atoms with Gasteiger partial charge in [-0.1, -0.05) is 108 Å². The standard InChI is InChI=1S/C25H34/c1-3-5-7-11-17-25(18-12-8-6-4-2)19-13-16-23-22-15-10-9-14-21(22)20-24(23)25/h9-10,13-16,19-20H,3-8,11-12,17-18H2,1-2H3. The van der Waals surface area contributed by atoms with Crippen LogP contribution in [0.1, 0.15) is 89.2 Å². The number of unbranched alkanes of at least 4 members (excludes halogenated alkanes) is 6. The first-order chi connectivity index (χ1) is 12.3. The maximum Gasteiger partial charge on any atom is 0.0141 e. The first-order valence-corrected chi connectivity index (χ1v) is 10.5. The minimum atomic E-state index is 0.268. The quantitative estimate of drug-likeness (QED) is 0.381. The zero-order valence-electron chi connectivity index (χ0n) is 16.2. The van der Waals surface area contributed by atoms with Gasteiger partial charge in [0.05, 0.1) is 0 Å². The normalized spacial score (nSPS) is 17.0. The van der Waals surface area contributed by atoms with Crippen molar-refractivity contribution in [2.75, 3.05) is 0 Å². The third-order valence-corrected chi connectivity index (χ3v) is 6.01. The van der Waals surface area contributed by atoms with E-state index in [1.807, 2.05) is 0 Å². The molecule has 0 heterocycles. The van der Waals surface area contributed by atoms with Crippen molar-refractivity contribution in [1.82, 2.24) is 0 Å². The Morgan fingerprint density at radius 2 is 1.48 bits per heavy atom. The molecule has 0 saturated heterocycles. The number of benzene rings is 1. The summed E-state index contributed by atoms with van der Waals surface area (Å²) in [5.41, 5.74) is 6.21. The van der Waals surface area contributed by atoms with E-state index in [9.17, 15) is 0 Å². The molecule has 0 aromatic heterocycles. The van der Waals surface area contributed by atoms with Crippen LogP contribution in [-0.2, 0) is 0 Å². The average Bonchev–Trinajstić information content (AvgIpc) is 3.03. The Morgan fingerprint density at radius 3 is 2.16 bits per heavy atom. The van der Waals surface area contributed by atoms with Gasteiger partial charge in [0, 0.05) is 5.41 Å². The SMILES string of the molecule is CCCCCCC1(CCCCCC)C=CC=C2C1=Cc1ccccc12. The topological polar surface area (TPSA) is 0 Å². The minimum absolute atomic E-state index is 0.268. The van der Waals surface area contributed by atoms with E-state index in [0.29, 0.717) is 0 Å². The highest BCUT2D eigenvalue weighted by Gasteiger charge is 2.37. The van der Waals surface area contributed by atoms with Crippen LogP contribution in [0.5, 0.6) is 0 Å². The monoisotopic (exact) mass is 334 g/mol. The van der Waals surface area contributed by atoms with Gasteiger partial charge >= 0.3 is 0 Å². The lowest BCUT2D eigenvalue weighted by molar-refractivity contribution is 0.362. The van der Waals surface area contributed by atoms with Crippen molar-refractivity contribution >= 4 is 11.6 Å². The van der Waals surface area contributed by atoms with Gasteiger partial charge in [0.1, 0.15) is 0 Å². The second-order valence-corrected chi connectivity index (χ2v) is 7.86. The Bertz CT molecular complexity index is 644. The molecule has 2 aliphatic rings. The molecule has 1 aromatic rings. The van der Waals surface area contributed by atoms with Crippen LogP contribution in [-0.4, -0.2) is 0 Å². The molecule has 0 N–H and O–H groups in total. The average molecular weight is 335 g/mol. The number of fused-ring (bicyclic) bond motifs is 3. The fourth-order valence-electron chi connectivity index (χ4n) is 4.55. The Labute approximate surface area is 154 Å².